The molecule has 8 heteroatoms. The quantitative estimate of drug-likeness (QED) is 0.809. The largest absolute Gasteiger partial charge is 0.383 e. The van der Waals surface area contributed by atoms with Crippen LogP contribution in [0, 0.1) is 5.92 Å². The van der Waals surface area contributed by atoms with E-state index >= 15 is 0 Å². The van der Waals surface area contributed by atoms with Gasteiger partial charge in [-0.25, -0.2) is 8.78 Å². The molecule has 1 aromatic rings. The van der Waals surface area contributed by atoms with Crippen LogP contribution < -0.4 is 5.32 Å². The van der Waals surface area contributed by atoms with E-state index in [-0.39, 0.29) is 12.5 Å². The van der Waals surface area contributed by atoms with Crippen molar-refractivity contribution in [3.8, 4) is 0 Å². The van der Waals surface area contributed by atoms with E-state index in [0.29, 0.717) is 0 Å². The van der Waals surface area contributed by atoms with Crippen LogP contribution in [0.1, 0.15) is 17.7 Å². The van der Waals surface area contributed by atoms with Crippen molar-refractivity contribution in [2.75, 3.05) is 19.6 Å². The molecule has 124 valence electrons. The number of alkyl halides is 4. The third-order valence-corrected chi connectivity index (χ3v) is 4.66. The summed E-state index contributed by atoms with van der Waals surface area (Å²) < 4.78 is 49.7. The third kappa shape index (κ3) is 4.42. The summed E-state index contributed by atoms with van der Waals surface area (Å²) >= 11 is 1.68. The number of amides is 1. The van der Waals surface area contributed by atoms with Gasteiger partial charge < -0.3 is 5.32 Å². The molecule has 0 spiro atoms. The standard InChI is InChI=1S/C14H18F4N2OS/c15-12(16)14(17,18)13(21)19-8-10-3-5-20(6-4-10)9-11-2-1-7-22-11/h1-2,7,10,12H,3-6,8-9H2,(H,19,21). The fourth-order valence-corrected chi connectivity index (χ4v) is 3.17. The van der Waals surface area contributed by atoms with Crippen molar-refractivity contribution in [3.63, 3.8) is 0 Å². The van der Waals surface area contributed by atoms with Crippen LogP contribution in [-0.2, 0) is 11.3 Å². The van der Waals surface area contributed by atoms with Crippen LogP contribution in [0.3, 0.4) is 0 Å². The number of carbonyl (C=O) groups excluding carboxylic acids is 1. The number of halogens is 4. The summed E-state index contributed by atoms with van der Waals surface area (Å²) in [4.78, 5) is 14.6. The Morgan fingerprint density at radius 2 is 2.09 bits per heavy atom. The monoisotopic (exact) mass is 338 g/mol. The predicted molar refractivity (Wildman–Crippen MR) is 76.3 cm³/mol. The number of nitrogens with zero attached hydrogens (tertiary/aromatic N) is 1. The number of hydrogen-bond donors (Lipinski definition) is 1. The predicted octanol–water partition coefficient (Wildman–Crippen LogP) is 2.98. The molecule has 2 heterocycles. The zero-order chi connectivity index (χ0) is 16.2. The fraction of sp³-hybridized carbons (Fsp3) is 0.643. The molecule has 1 saturated heterocycles. The van der Waals surface area contributed by atoms with Gasteiger partial charge in [-0.05, 0) is 43.3 Å². The Balaban J connectivity index is 1.70. The Labute approximate surface area is 130 Å². The number of hydrogen-bond acceptors (Lipinski definition) is 3. The number of nitrogens with one attached hydrogen (secondary N) is 1. The van der Waals surface area contributed by atoms with Gasteiger partial charge in [0.1, 0.15) is 0 Å². The molecule has 0 bridgehead atoms. The first-order chi connectivity index (χ1) is 10.4. The first-order valence-electron chi connectivity index (χ1n) is 7.08. The van der Waals surface area contributed by atoms with E-state index in [0.717, 1.165) is 32.5 Å². The molecule has 0 saturated carbocycles. The van der Waals surface area contributed by atoms with Crippen molar-refractivity contribution in [3.05, 3.63) is 22.4 Å². The van der Waals surface area contributed by atoms with Gasteiger partial charge in [0.25, 0.3) is 5.91 Å². The molecular weight excluding hydrogens is 320 g/mol. The van der Waals surface area contributed by atoms with Crippen LogP contribution >= 0.6 is 11.3 Å². The van der Waals surface area contributed by atoms with Crippen LogP contribution in [0.25, 0.3) is 0 Å². The van der Waals surface area contributed by atoms with E-state index in [9.17, 15) is 22.4 Å². The van der Waals surface area contributed by atoms with Crippen LogP contribution in [-0.4, -0.2) is 42.8 Å². The number of thiophene rings is 1. The molecule has 1 aliphatic rings. The highest BCUT2D eigenvalue weighted by molar-refractivity contribution is 7.09. The summed E-state index contributed by atoms with van der Waals surface area (Å²) in [5, 5.41) is 3.96. The molecule has 1 aromatic heterocycles. The molecule has 1 amide bonds. The van der Waals surface area contributed by atoms with Crippen molar-refractivity contribution >= 4 is 17.2 Å². The average molecular weight is 338 g/mol. The molecule has 0 aliphatic carbocycles. The van der Waals surface area contributed by atoms with Gasteiger partial charge in [-0.3, -0.25) is 9.69 Å². The number of rotatable bonds is 6. The average Bonchev–Trinajstić information content (AvgIpc) is 2.99. The van der Waals surface area contributed by atoms with E-state index < -0.39 is 18.3 Å². The van der Waals surface area contributed by atoms with Crippen molar-refractivity contribution in [1.82, 2.24) is 10.2 Å². The normalized spacial score (nSPS) is 17.9. The molecule has 3 nitrogen and oxygen atoms in total. The number of carbonyl (C=O) groups is 1. The molecule has 0 unspecified atom stereocenters. The zero-order valence-corrected chi connectivity index (χ0v) is 12.7. The van der Waals surface area contributed by atoms with Gasteiger partial charge in [-0.1, -0.05) is 6.07 Å². The summed E-state index contributed by atoms with van der Waals surface area (Å²) in [6, 6.07) is 4.05. The second kappa shape index (κ2) is 7.41. The number of likely N-dealkylation sites (tertiary alicyclic amines) is 1. The highest BCUT2D eigenvalue weighted by atomic mass is 32.1. The van der Waals surface area contributed by atoms with Crippen molar-refractivity contribution in [1.29, 1.82) is 0 Å². The molecule has 1 fully saturated rings. The van der Waals surface area contributed by atoms with Crippen LogP contribution in [0.2, 0.25) is 0 Å². The summed E-state index contributed by atoms with van der Waals surface area (Å²) in [7, 11) is 0. The maximum atomic E-state index is 12.8. The Morgan fingerprint density at radius 3 is 2.64 bits per heavy atom. The van der Waals surface area contributed by atoms with E-state index in [1.807, 2.05) is 16.8 Å². The lowest BCUT2D eigenvalue weighted by atomic mass is 9.96. The highest BCUT2D eigenvalue weighted by Gasteiger charge is 2.48. The molecule has 1 N–H and O–H groups in total. The fourth-order valence-electron chi connectivity index (χ4n) is 2.43. The van der Waals surface area contributed by atoms with Crippen molar-refractivity contribution in [2.45, 2.75) is 31.7 Å². The second-order valence-corrected chi connectivity index (χ2v) is 6.46. The Morgan fingerprint density at radius 1 is 1.41 bits per heavy atom. The van der Waals surface area contributed by atoms with Gasteiger partial charge in [-0.2, -0.15) is 8.78 Å². The summed E-state index contributed by atoms with van der Waals surface area (Å²) in [5.74, 6) is -6.44. The van der Waals surface area contributed by atoms with Gasteiger partial charge in [0.2, 0.25) is 0 Å². The van der Waals surface area contributed by atoms with Gasteiger partial charge in [0.15, 0.2) is 0 Å². The van der Waals surface area contributed by atoms with E-state index in [1.54, 1.807) is 11.3 Å². The van der Waals surface area contributed by atoms with Gasteiger partial charge in [0, 0.05) is 18.0 Å². The van der Waals surface area contributed by atoms with Crippen molar-refractivity contribution in [2.24, 2.45) is 5.92 Å². The van der Waals surface area contributed by atoms with Crippen molar-refractivity contribution < 1.29 is 22.4 Å². The van der Waals surface area contributed by atoms with Crippen LogP contribution in [0.4, 0.5) is 17.6 Å². The summed E-state index contributed by atoms with van der Waals surface area (Å²) in [5.41, 5.74) is 0. The zero-order valence-electron chi connectivity index (χ0n) is 11.9. The molecule has 1 aliphatic heterocycles. The smallest absolute Gasteiger partial charge is 0.350 e. The van der Waals surface area contributed by atoms with Crippen LogP contribution in [0.5, 0.6) is 0 Å². The lowest BCUT2D eigenvalue weighted by molar-refractivity contribution is -0.169. The third-order valence-electron chi connectivity index (χ3n) is 3.79. The van der Waals surface area contributed by atoms with Gasteiger partial charge >= 0.3 is 12.3 Å². The lowest BCUT2D eigenvalue weighted by Crippen LogP contribution is -2.47. The molecular formula is C14H18F4N2OS. The van der Waals surface area contributed by atoms with Gasteiger partial charge in [-0.15, -0.1) is 11.3 Å². The first-order valence-corrected chi connectivity index (χ1v) is 7.96. The van der Waals surface area contributed by atoms with Gasteiger partial charge in [0.05, 0.1) is 0 Å². The maximum Gasteiger partial charge on any atom is 0.383 e. The SMILES string of the molecule is O=C(NCC1CCN(Cc2cccs2)CC1)C(F)(F)C(F)F. The molecule has 2 rings (SSSR count). The lowest BCUT2D eigenvalue weighted by Gasteiger charge is -2.31. The molecule has 0 aromatic carbocycles. The molecule has 0 atom stereocenters. The molecule has 0 radical (unpaired) electrons. The summed E-state index contributed by atoms with van der Waals surface area (Å²) in [6.07, 6.45) is -2.46. The minimum atomic E-state index is -4.61. The van der Waals surface area contributed by atoms with E-state index in [4.69, 9.17) is 0 Å². The Hall–Kier alpha value is -1.15. The molecule has 22 heavy (non-hydrogen) atoms. The Kier molecular flexibility index (Phi) is 5.80. The summed E-state index contributed by atoms with van der Waals surface area (Å²) in [6.45, 7) is 2.50. The Bertz CT molecular complexity index is 473. The number of piperidine rings is 1. The topological polar surface area (TPSA) is 32.3 Å². The van der Waals surface area contributed by atoms with E-state index in [1.165, 1.54) is 4.88 Å². The van der Waals surface area contributed by atoms with Crippen LogP contribution in [0.15, 0.2) is 17.5 Å². The second-order valence-electron chi connectivity index (χ2n) is 5.43. The first kappa shape index (κ1) is 17.2. The maximum absolute atomic E-state index is 12.8. The highest BCUT2D eigenvalue weighted by Crippen LogP contribution is 2.24. The van der Waals surface area contributed by atoms with E-state index in [2.05, 4.69) is 11.0 Å². The minimum Gasteiger partial charge on any atom is -0.350 e. The minimum absolute atomic E-state index is 0.0218.